The lowest BCUT2D eigenvalue weighted by Gasteiger charge is -2.18. The molecule has 3 heteroatoms. The molecule has 0 bridgehead atoms. The Kier molecular flexibility index (Phi) is 5.21. The minimum Gasteiger partial charge on any atom is -0.494 e. The topological polar surface area (TPSA) is 36.3 Å². The van der Waals surface area contributed by atoms with Gasteiger partial charge in [-0.25, -0.2) is 0 Å². The molecule has 0 aliphatic heterocycles. The summed E-state index contributed by atoms with van der Waals surface area (Å²) in [6.07, 6.45) is 1.52. The molecule has 0 aliphatic rings. The lowest BCUT2D eigenvalue weighted by molar-refractivity contribution is 0.340. The molecule has 0 N–H and O–H groups in total. The molecule has 1 rings (SSSR count). The van der Waals surface area contributed by atoms with Crippen LogP contribution in [0.3, 0.4) is 0 Å². The summed E-state index contributed by atoms with van der Waals surface area (Å²) >= 11 is 0. The smallest absolute Gasteiger partial charge is 0.119 e. The van der Waals surface area contributed by atoms with Crippen molar-refractivity contribution in [1.82, 2.24) is 0 Å². The van der Waals surface area contributed by atoms with Gasteiger partial charge >= 0.3 is 0 Å². The zero-order valence-corrected chi connectivity index (χ0v) is 9.94. The molecule has 0 saturated heterocycles. The molecule has 1 aromatic carbocycles. The fourth-order valence-electron chi connectivity index (χ4n) is 1.49. The van der Waals surface area contributed by atoms with Gasteiger partial charge in [-0.1, -0.05) is 0 Å². The maximum Gasteiger partial charge on any atom is 0.119 e. The van der Waals surface area contributed by atoms with Crippen LogP contribution in [0.2, 0.25) is 0 Å². The SMILES string of the molecule is CCOc1ccc(N(C)CCCC#N)cc1. The predicted molar refractivity (Wildman–Crippen MR) is 65.7 cm³/mol. The number of nitrogens with zero attached hydrogens (tertiary/aromatic N) is 2. The Hall–Kier alpha value is -1.69. The van der Waals surface area contributed by atoms with Crippen molar-refractivity contribution >= 4 is 5.69 Å². The molecular formula is C13H18N2O. The molecule has 0 atom stereocenters. The molecule has 0 fully saturated rings. The van der Waals surface area contributed by atoms with Crippen LogP contribution >= 0.6 is 0 Å². The molecule has 0 aliphatic carbocycles. The number of unbranched alkanes of at least 4 members (excludes halogenated alkanes) is 1. The first-order valence-electron chi connectivity index (χ1n) is 5.59. The average Bonchev–Trinajstić information content (AvgIpc) is 2.30. The van der Waals surface area contributed by atoms with Gasteiger partial charge in [-0.15, -0.1) is 0 Å². The minimum atomic E-state index is 0.612. The van der Waals surface area contributed by atoms with Crippen molar-refractivity contribution in [3.63, 3.8) is 0 Å². The van der Waals surface area contributed by atoms with E-state index in [1.165, 1.54) is 0 Å². The second kappa shape index (κ2) is 6.73. The molecular weight excluding hydrogens is 200 g/mol. The van der Waals surface area contributed by atoms with E-state index in [9.17, 15) is 0 Å². The summed E-state index contributed by atoms with van der Waals surface area (Å²) < 4.78 is 5.38. The van der Waals surface area contributed by atoms with Gasteiger partial charge < -0.3 is 9.64 Å². The van der Waals surface area contributed by atoms with Crippen LogP contribution in [0.4, 0.5) is 5.69 Å². The number of rotatable bonds is 6. The number of anilines is 1. The largest absolute Gasteiger partial charge is 0.494 e. The lowest BCUT2D eigenvalue weighted by Crippen LogP contribution is -2.18. The third-order valence-electron chi connectivity index (χ3n) is 2.37. The molecule has 0 heterocycles. The van der Waals surface area contributed by atoms with Crippen molar-refractivity contribution in [3.05, 3.63) is 24.3 Å². The molecule has 0 aromatic heterocycles. The van der Waals surface area contributed by atoms with Crippen LogP contribution in [-0.4, -0.2) is 20.2 Å². The van der Waals surface area contributed by atoms with Crippen molar-refractivity contribution < 1.29 is 4.74 Å². The van der Waals surface area contributed by atoms with Gasteiger partial charge in [-0.05, 0) is 37.6 Å². The predicted octanol–water partition coefficient (Wildman–Crippen LogP) is 2.83. The highest BCUT2D eigenvalue weighted by molar-refractivity contribution is 5.48. The van der Waals surface area contributed by atoms with Gasteiger partial charge in [0.2, 0.25) is 0 Å². The van der Waals surface area contributed by atoms with Crippen molar-refractivity contribution in [1.29, 1.82) is 5.26 Å². The molecule has 16 heavy (non-hydrogen) atoms. The third kappa shape index (κ3) is 3.82. The van der Waals surface area contributed by atoms with E-state index in [-0.39, 0.29) is 0 Å². The van der Waals surface area contributed by atoms with E-state index >= 15 is 0 Å². The van der Waals surface area contributed by atoms with E-state index in [0.717, 1.165) is 24.4 Å². The van der Waals surface area contributed by atoms with E-state index in [4.69, 9.17) is 10.00 Å². The van der Waals surface area contributed by atoms with Gasteiger partial charge in [0.25, 0.3) is 0 Å². The highest BCUT2D eigenvalue weighted by Crippen LogP contribution is 2.18. The van der Waals surface area contributed by atoms with Gasteiger partial charge in [0.15, 0.2) is 0 Å². The quantitative estimate of drug-likeness (QED) is 0.689. The summed E-state index contributed by atoms with van der Waals surface area (Å²) in [5, 5.41) is 8.46. The van der Waals surface area contributed by atoms with Crippen LogP contribution in [0.5, 0.6) is 5.75 Å². The van der Waals surface area contributed by atoms with Crippen molar-refractivity contribution in [2.24, 2.45) is 0 Å². The fourth-order valence-corrected chi connectivity index (χ4v) is 1.49. The number of nitriles is 1. The zero-order chi connectivity index (χ0) is 11.8. The highest BCUT2D eigenvalue weighted by atomic mass is 16.5. The maximum absolute atomic E-state index is 8.46. The number of hydrogen-bond donors (Lipinski definition) is 0. The molecule has 86 valence electrons. The van der Waals surface area contributed by atoms with E-state index < -0.39 is 0 Å². The lowest BCUT2D eigenvalue weighted by atomic mass is 10.2. The second-order valence-corrected chi connectivity index (χ2v) is 3.61. The van der Waals surface area contributed by atoms with E-state index in [1.54, 1.807) is 0 Å². The fraction of sp³-hybridized carbons (Fsp3) is 0.462. The third-order valence-corrected chi connectivity index (χ3v) is 2.37. The molecule has 0 radical (unpaired) electrons. The Balaban J connectivity index is 2.49. The Bertz CT molecular complexity index is 340. The van der Waals surface area contributed by atoms with Gasteiger partial charge in [-0.2, -0.15) is 5.26 Å². The molecule has 3 nitrogen and oxygen atoms in total. The number of ether oxygens (including phenoxy) is 1. The molecule has 0 unspecified atom stereocenters. The van der Waals surface area contributed by atoms with E-state index in [0.29, 0.717) is 13.0 Å². The minimum absolute atomic E-state index is 0.612. The molecule has 0 amide bonds. The Labute approximate surface area is 97.3 Å². The first-order chi connectivity index (χ1) is 7.77. The standard InChI is InChI=1S/C13H18N2O/c1-3-16-13-8-6-12(7-9-13)15(2)11-5-4-10-14/h6-9H,3-5,11H2,1-2H3. The molecule has 0 saturated carbocycles. The molecule has 0 spiro atoms. The van der Waals surface area contributed by atoms with E-state index in [1.807, 2.05) is 38.2 Å². The summed E-state index contributed by atoms with van der Waals surface area (Å²) in [6, 6.07) is 10.2. The first kappa shape index (κ1) is 12.4. The van der Waals surface area contributed by atoms with Crippen LogP contribution in [0.1, 0.15) is 19.8 Å². The second-order valence-electron chi connectivity index (χ2n) is 3.61. The van der Waals surface area contributed by atoms with Gasteiger partial charge in [0.1, 0.15) is 5.75 Å². The van der Waals surface area contributed by atoms with Gasteiger partial charge in [0.05, 0.1) is 12.7 Å². The number of hydrogen-bond acceptors (Lipinski definition) is 3. The monoisotopic (exact) mass is 218 g/mol. The Morgan fingerprint density at radius 3 is 2.56 bits per heavy atom. The van der Waals surface area contributed by atoms with Crippen LogP contribution in [0.25, 0.3) is 0 Å². The zero-order valence-electron chi connectivity index (χ0n) is 9.94. The van der Waals surface area contributed by atoms with Crippen LogP contribution < -0.4 is 9.64 Å². The first-order valence-corrected chi connectivity index (χ1v) is 5.59. The van der Waals surface area contributed by atoms with Crippen LogP contribution in [-0.2, 0) is 0 Å². The normalized spacial score (nSPS) is 9.56. The highest BCUT2D eigenvalue weighted by Gasteiger charge is 2.00. The van der Waals surface area contributed by atoms with Crippen LogP contribution in [0.15, 0.2) is 24.3 Å². The maximum atomic E-state index is 8.46. The summed E-state index contributed by atoms with van der Waals surface area (Å²) in [6.45, 7) is 3.57. The number of benzene rings is 1. The Morgan fingerprint density at radius 2 is 2.00 bits per heavy atom. The van der Waals surface area contributed by atoms with Crippen molar-refractivity contribution in [3.8, 4) is 11.8 Å². The van der Waals surface area contributed by atoms with Gasteiger partial charge in [0, 0.05) is 25.7 Å². The van der Waals surface area contributed by atoms with E-state index in [2.05, 4.69) is 11.0 Å². The Morgan fingerprint density at radius 1 is 1.31 bits per heavy atom. The summed E-state index contributed by atoms with van der Waals surface area (Å²) in [7, 11) is 2.03. The van der Waals surface area contributed by atoms with Crippen molar-refractivity contribution in [2.75, 3.05) is 25.1 Å². The average molecular weight is 218 g/mol. The summed E-state index contributed by atoms with van der Waals surface area (Å²) in [5.74, 6) is 0.900. The van der Waals surface area contributed by atoms with Crippen molar-refractivity contribution in [2.45, 2.75) is 19.8 Å². The van der Waals surface area contributed by atoms with Gasteiger partial charge in [-0.3, -0.25) is 0 Å². The summed E-state index contributed by atoms with van der Waals surface area (Å²) in [4.78, 5) is 2.15. The summed E-state index contributed by atoms with van der Waals surface area (Å²) in [5.41, 5.74) is 1.15. The van der Waals surface area contributed by atoms with Crippen LogP contribution in [0, 0.1) is 11.3 Å². The molecule has 1 aromatic rings.